The third-order valence-electron chi connectivity index (χ3n) is 4.57. The third kappa shape index (κ3) is 5.01. The Morgan fingerprint density at radius 2 is 1.91 bits per heavy atom. The lowest BCUT2D eigenvalue weighted by Gasteiger charge is -2.10. The van der Waals surface area contributed by atoms with E-state index in [4.69, 9.17) is 25.8 Å². The maximum Gasteiger partial charge on any atom is 0.246 e. The summed E-state index contributed by atoms with van der Waals surface area (Å²) in [5.74, 6) is 1.37. The molecule has 2 aromatic heterocycles. The first kappa shape index (κ1) is 22.0. The van der Waals surface area contributed by atoms with Gasteiger partial charge < -0.3 is 19.5 Å². The second kappa shape index (κ2) is 9.53. The molecule has 11 heteroatoms. The number of ether oxygens (including phenoxy) is 3. The van der Waals surface area contributed by atoms with E-state index in [1.165, 1.54) is 36.4 Å². The van der Waals surface area contributed by atoms with Crippen LogP contribution in [0.4, 0.5) is 5.69 Å². The minimum absolute atomic E-state index is 0.0815. The molecule has 4 aromatic rings. The average Bonchev–Trinajstić information content (AvgIpc) is 3.24. The van der Waals surface area contributed by atoms with E-state index in [1.54, 1.807) is 31.5 Å². The van der Waals surface area contributed by atoms with Crippen LogP contribution in [0.25, 0.3) is 10.9 Å². The Morgan fingerprint density at radius 3 is 2.67 bits per heavy atom. The minimum Gasteiger partial charge on any atom is -0.493 e. The number of amides is 1. The summed E-state index contributed by atoms with van der Waals surface area (Å²) >= 11 is 5.96. The van der Waals surface area contributed by atoms with Crippen molar-refractivity contribution < 1.29 is 23.8 Å². The predicted molar refractivity (Wildman–Crippen MR) is 120 cm³/mol. The molecule has 0 saturated carbocycles. The van der Waals surface area contributed by atoms with Crippen LogP contribution in [0.5, 0.6) is 23.1 Å². The zero-order valence-corrected chi connectivity index (χ0v) is 18.4. The van der Waals surface area contributed by atoms with Gasteiger partial charge in [-0.05, 0) is 24.3 Å². The van der Waals surface area contributed by atoms with Crippen molar-refractivity contribution in [3.05, 3.63) is 59.6 Å². The van der Waals surface area contributed by atoms with E-state index in [9.17, 15) is 9.59 Å². The Morgan fingerprint density at radius 1 is 1.12 bits per heavy atom. The predicted octanol–water partition coefficient (Wildman–Crippen LogP) is 3.74. The molecular formula is C22H18ClN5O5. The van der Waals surface area contributed by atoms with Crippen molar-refractivity contribution in [1.29, 1.82) is 0 Å². The summed E-state index contributed by atoms with van der Waals surface area (Å²) in [6.07, 6.45) is 5.05. The van der Waals surface area contributed by atoms with E-state index in [0.717, 1.165) is 0 Å². The second-order valence-corrected chi connectivity index (χ2v) is 7.25. The van der Waals surface area contributed by atoms with Gasteiger partial charge in [-0.25, -0.2) is 9.97 Å². The van der Waals surface area contributed by atoms with Crippen LogP contribution in [-0.2, 0) is 11.3 Å². The van der Waals surface area contributed by atoms with Crippen LogP contribution in [0.2, 0.25) is 5.02 Å². The van der Waals surface area contributed by atoms with Crippen molar-refractivity contribution in [3.8, 4) is 23.1 Å². The molecule has 0 aliphatic rings. The average molecular weight is 468 g/mol. The number of aromatic nitrogens is 4. The molecule has 4 rings (SSSR count). The SMILES string of the molecule is COc1cc2ncnc(Oc3cnn(CC(=O)Nc4cc(Cl)cc(C=O)c4)c3)c2cc1OC. The molecule has 0 bridgehead atoms. The summed E-state index contributed by atoms with van der Waals surface area (Å²) in [7, 11) is 3.08. The van der Waals surface area contributed by atoms with E-state index >= 15 is 0 Å². The zero-order valence-electron chi connectivity index (χ0n) is 17.6. The molecule has 2 aromatic carbocycles. The van der Waals surface area contributed by atoms with E-state index in [1.807, 2.05) is 0 Å². The van der Waals surface area contributed by atoms with E-state index in [-0.39, 0.29) is 12.5 Å². The Labute approximate surface area is 193 Å². The van der Waals surface area contributed by atoms with Crippen LogP contribution in [0.1, 0.15) is 10.4 Å². The van der Waals surface area contributed by atoms with Crippen LogP contribution < -0.4 is 19.5 Å². The van der Waals surface area contributed by atoms with E-state index < -0.39 is 0 Å². The van der Waals surface area contributed by atoms with Gasteiger partial charge in [-0.1, -0.05) is 11.6 Å². The molecule has 0 fully saturated rings. The molecule has 0 aliphatic heterocycles. The highest BCUT2D eigenvalue weighted by atomic mass is 35.5. The normalized spacial score (nSPS) is 10.6. The number of hydrogen-bond donors (Lipinski definition) is 1. The largest absolute Gasteiger partial charge is 0.493 e. The van der Waals surface area contributed by atoms with Crippen molar-refractivity contribution in [3.63, 3.8) is 0 Å². The first-order chi connectivity index (χ1) is 16.0. The maximum atomic E-state index is 12.4. The maximum absolute atomic E-state index is 12.4. The number of rotatable bonds is 8. The lowest BCUT2D eigenvalue weighted by Crippen LogP contribution is -2.19. The zero-order chi connectivity index (χ0) is 23.4. The molecule has 0 saturated heterocycles. The quantitative estimate of drug-likeness (QED) is 0.389. The number of nitrogens with zero attached hydrogens (tertiary/aromatic N) is 4. The fraction of sp³-hybridized carbons (Fsp3) is 0.136. The molecule has 2 heterocycles. The van der Waals surface area contributed by atoms with Crippen molar-refractivity contribution in [2.45, 2.75) is 6.54 Å². The van der Waals surface area contributed by atoms with Gasteiger partial charge in [0.1, 0.15) is 19.2 Å². The highest BCUT2D eigenvalue weighted by molar-refractivity contribution is 6.31. The number of carbonyl (C=O) groups is 2. The number of benzene rings is 2. The van der Waals surface area contributed by atoms with Gasteiger partial charge >= 0.3 is 0 Å². The molecule has 10 nitrogen and oxygen atoms in total. The molecule has 0 aliphatic carbocycles. The fourth-order valence-corrected chi connectivity index (χ4v) is 3.38. The summed E-state index contributed by atoms with van der Waals surface area (Å²) in [6.45, 7) is -0.0815. The Hall–Kier alpha value is -4.18. The van der Waals surface area contributed by atoms with Crippen molar-refractivity contribution >= 4 is 40.4 Å². The Balaban J connectivity index is 1.49. The van der Waals surface area contributed by atoms with Crippen LogP contribution in [-0.4, -0.2) is 46.2 Å². The molecule has 1 amide bonds. The summed E-state index contributed by atoms with van der Waals surface area (Å²) in [4.78, 5) is 31.8. The van der Waals surface area contributed by atoms with Gasteiger partial charge in [-0.15, -0.1) is 0 Å². The number of nitrogens with one attached hydrogen (secondary N) is 1. The van der Waals surface area contributed by atoms with Crippen LogP contribution >= 0.6 is 11.6 Å². The van der Waals surface area contributed by atoms with E-state index in [0.29, 0.717) is 56.6 Å². The number of carbonyl (C=O) groups excluding carboxylic acids is 2. The van der Waals surface area contributed by atoms with Gasteiger partial charge in [0.05, 0.1) is 37.5 Å². The summed E-state index contributed by atoms with van der Waals surface area (Å²) in [6, 6.07) is 8.03. The monoisotopic (exact) mass is 467 g/mol. The number of hydrogen-bond acceptors (Lipinski definition) is 8. The van der Waals surface area contributed by atoms with Gasteiger partial charge in [0.15, 0.2) is 17.2 Å². The molecule has 168 valence electrons. The molecule has 0 unspecified atom stereocenters. The highest BCUT2D eigenvalue weighted by Crippen LogP contribution is 2.35. The number of aldehydes is 1. The first-order valence-electron chi connectivity index (χ1n) is 9.61. The third-order valence-corrected chi connectivity index (χ3v) is 4.79. The van der Waals surface area contributed by atoms with Crippen LogP contribution in [0.3, 0.4) is 0 Å². The van der Waals surface area contributed by atoms with Crippen LogP contribution in [0.15, 0.2) is 49.1 Å². The lowest BCUT2D eigenvalue weighted by molar-refractivity contribution is -0.116. The summed E-state index contributed by atoms with van der Waals surface area (Å²) in [5.41, 5.74) is 1.38. The summed E-state index contributed by atoms with van der Waals surface area (Å²) < 4.78 is 17.9. The van der Waals surface area contributed by atoms with Gasteiger partial charge in [0.2, 0.25) is 11.8 Å². The molecule has 1 N–H and O–H groups in total. The molecular weight excluding hydrogens is 450 g/mol. The number of halogens is 1. The van der Waals surface area contributed by atoms with Crippen LogP contribution in [0, 0.1) is 0 Å². The fourth-order valence-electron chi connectivity index (χ4n) is 3.14. The number of methoxy groups -OCH3 is 2. The van der Waals surface area contributed by atoms with Crippen molar-refractivity contribution in [2.75, 3.05) is 19.5 Å². The molecule has 33 heavy (non-hydrogen) atoms. The van der Waals surface area contributed by atoms with Gasteiger partial charge in [-0.3, -0.25) is 14.3 Å². The topological polar surface area (TPSA) is 117 Å². The number of fused-ring (bicyclic) bond motifs is 1. The smallest absolute Gasteiger partial charge is 0.246 e. The molecule has 0 atom stereocenters. The Kier molecular flexibility index (Phi) is 6.36. The Bertz CT molecular complexity index is 1340. The van der Waals surface area contributed by atoms with Gasteiger partial charge in [0.25, 0.3) is 0 Å². The van der Waals surface area contributed by atoms with Gasteiger partial charge in [-0.2, -0.15) is 5.10 Å². The first-order valence-corrected chi connectivity index (χ1v) is 9.99. The summed E-state index contributed by atoms with van der Waals surface area (Å²) in [5, 5.41) is 7.79. The van der Waals surface area contributed by atoms with Gasteiger partial charge in [0, 0.05) is 22.3 Å². The molecule has 0 spiro atoms. The second-order valence-electron chi connectivity index (χ2n) is 6.82. The van der Waals surface area contributed by atoms with E-state index in [2.05, 4.69) is 20.4 Å². The van der Waals surface area contributed by atoms with Crippen molar-refractivity contribution in [2.24, 2.45) is 0 Å². The molecule has 0 radical (unpaired) electrons. The number of anilines is 1. The lowest BCUT2D eigenvalue weighted by atomic mass is 10.2. The van der Waals surface area contributed by atoms with Crippen molar-refractivity contribution in [1.82, 2.24) is 19.7 Å². The highest BCUT2D eigenvalue weighted by Gasteiger charge is 2.14. The standard InChI is InChI=1S/C22H18ClN5O5/c1-31-19-6-17-18(7-20(19)32-2)24-12-25-22(17)33-16-8-26-28(9-16)10-21(30)27-15-4-13(11-29)3-14(23)5-15/h3-9,11-12H,10H2,1-2H3,(H,27,30). The minimum atomic E-state index is -0.354.